The number of aliphatic hydroxyl groups is 1. The quantitative estimate of drug-likeness (QED) is 0.731. The Bertz CT molecular complexity index is 375. The molecule has 0 aromatic heterocycles. The number of methoxy groups -OCH3 is 1. The van der Waals surface area contributed by atoms with E-state index in [9.17, 15) is 9.59 Å². The fourth-order valence-corrected chi connectivity index (χ4v) is 3.34. The van der Waals surface area contributed by atoms with Crippen molar-refractivity contribution in [2.45, 2.75) is 38.1 Å². The van der Waals surface area contributed by atoms with Gasteiger partial charge in [-0.15, -0.1) is 0 Å². The molecular weight excluding hydrogens is 272 g/mol. The summed E-state index contributed by atoms with van der Waals surface area (Å²) < 4.78 is 5.00. The molecule has 2 amide bonds. The molecule has 2 aliphatic heterocycles. The molecule has 1 N–H and O–H groups in total. The summed E-state index contributed by atoms with van der Waals surface area (Å²) in [6, 6.07) is 0.243. The second kappa shape index (κ2) is 7.75. The maximum absolute atomic E-state index is 12.6. The van der Waals surface area contributed by atoms with Gasteiger partial charge in [-0.25, -0.2) is 0 Å². The number of hydrogen-bond acceptors (Lipinski definition) is 4. The molecule has 2 atom stereocenters. The molecule has 2 fully saturated rings. The fourth-order valence-electron chi connectivity index (χ4n) is 3.34. The predicted octanol–water partition coefficient (Wildman–Crippen LogP) is 0.245. The van der Waals surface area contributed by atoms with Crippen LogP contribution in [0.15, 0.2) is 0 Å². The van der Waals surface area contributed by atoms with Gasteiger partial charge in [-0.05, 0) is 25.7 Å². The highest BCUT2D eigenvalue weighted by molar-refractivity contribution is 5.89. The summed E-state index contributed by atoms with van der Waals surface area (Å²) in [6.45, 7) is 2.55. The number of likely N-dealkylation sites (tertiary alicyclic amines) is 2. The van der Waals surface area contributed by atoms with Crippen LogP contribution >= 0.6 is 0 Å². The van der Waals surface area contributed by atoms with Crippen LogP contribution in [0.1, 0.15) is 32.1 Å². The lowest BCUT2D eigenvalue weighted by Gasteiger charge is -2.27. The van der Waals surface area contributed by atoms with Crippen molar-refractivity contribution in [3.8, 4) is 0 Å². The lowest BCUT2D eigenvalue weighted by atomic mass is 10.0. The van der Waals surface area contributed by atoms with Crippen LogP contribution in [0.25, 0.3) is 0 Å². The first-order valence-corrected chi connectivity index (χ1v) is 7.85. The van der Waals surface area contributed by atoms with Gasteiger partial charge in [0.2, 0.25) is 11.8 Å². The van der Waals surface area contributed by atoms with Gasteiger partial charge in [0.25, 0.3) is 0 Å². The Labute approximate surface area is 126 Å². The van der Waals surface area contributed by atoms with Gasteiger partial charge >= 0.3 is 0 Å². The van der Waals surface area contributed by atoms with Gasteiger partial charge in [-0.3, -0.25) is 9.59 Å². The molecule has 6 nitrogen and oxygen atoms in total. The van der Waals surface area contributed by atoms with E-state index >= 15 is 0 Å². The zero-order valence-corrected chi connectivity index (χ0v) is 12.8. The van der Waals surface area contributed by atoms with Crippen LogP contribution in [0.3, 0.4) is 0 Å². The Balaban J connectivity index is 1.89. The number of hydrogen-bond donors (Lipinski definition) is 1. The van der Waals surface area contributed by atoms with Crippen LogP contribution in [-0.4, -0.2) is 72.7 Å². The number of carbonyl (C=O) groups excluding carboxylic acids is 2. The maximum Gasteiger partial charge on any atom is 0.228 e. The lowest BCUT2D eigenvalue weighted by Crippen LogP contribution is -2.40. The van der Waals surface area contributed by atoms with Crippen LogP contribution in [-0.2, 0) is 14.3 Å². The molecule has 2 unspecified atom stereocenters. The van der Waals surface area contributed by atoms with Gasteiger partial charge in [0.1, 0.15) is 0 Å². The molecule has 0 aliphatic carbocycles. The van der Waals surface area contributed by atoms with Crippen molar-refractivity contribution in [1.82, 2.24) is 9.80 Å². The first kappa shape index (κ1) is 16.2. The van der Waals surface area contributed by atoms with Crippen molar-refractivity contribution in [2.75, 3.05) is 40.0 Å². The van der Waals surface area contributed by atoms with Gasteiger partial charge < -0.3 is 19.6 Å². The smallest absolute Gasteiger partial charge is 0.228 e. The van der Waals surface area contributed by atoms with Gasteiger partial charge in [0.05, 0.1) is 12.5 Å². The number of amides is 2. The summed E-state index contributed by atoms with van der Waals surface area (Å²) in [7, 11) is 1.61. The van der Waals surface area contributed by atoms with E-state index in [4.69, 9.17) is 9.84 Å². The lowest BCUT2D eigenvalue weighted by molar-refractivity contribution is -0.136. The average Bonchev–Trinajstić information content (AvgIpc) is 3.09. The monoisotopic (exact) mass is 298 g/mol. The Hall–Kier alpha value is -1.14. The maximum atomic E-state index is 12.6. The van der Waals surface area contributed by atoms with E-state index in [1.807, 2.05) is 4.90 Å². The van der Waals surface area contributed by atoms with Crippen molar-refractivity contribution in [3.05, 3.63) is 0 Å². The normalized spacial score (nSPS) is 25.9. The van der Waals surface area contributed by atoms with E-state index in [1.54, 1.807) is 12.0 Å². The summed E-state index contributed by atoms with van der Waals surface area (Å²) in [4.78, 5) is 28.2. The summed E-state index contributed by atoms with van der Waals surface area (Å²) in [5.41, 5.74) is 0. The second-order valence-corrected chi connectivity index (χ2v) is 5.93. The molecular formula is C15H26N2O4. The highest BCUT2D eigenvalue weighted by atomic mass is 16.5. The van der Waals surface area contributed by atoms with E-state index in [2.05, 4.69) is 0 Å². The molecule has 2 saturated heterocycles. The topological polar surface area (TPSA) is 70.1 Å². The molecule has 21 heavy (non-hydrogen) atoms. The molecule has 0 radical (unpaired) electrons. The number of nitrogens with zero attached hydrogens (tertiary/aromatic N) is 2. The summed E-state index contributed by atoms with van der Waals surface area (Å²) >= 11 is 0. The van der Waals surface area contributed by atoms with Crippen molar-refractivity contribution >= 4 is 11.8 Å². The number of ether oxygens (including phenoxy) is 1. The third-order valence-corrected chi connectivity index (χ3v) is 4.48. The summed E-state index contributed by atoms with van der Waals surface area (Å²) in [5.74, 6) is -0.0377. The van der Waals surface area contributed by atoms with E-state index in [0.29, 0.717) is 26.1 Å². The van der Waals surface area contributed by atoms with Gasteiger partial charge in [-0.2, -0.15) is 0 Å². The van der Waals surface area contributed by atoms with Crippen molar-refractivity contribution in [1.29, 1.82) is 0 Å². The minimum atomic E-state index is -0.205. The van der Waals surface area contributed by atoms with E-state index in [0.717, 1.165) is 32.2 Å². The molecule has 120 valence electrons. The number of carbonyl (C=O) groups is 2. The van der Waals surface area contributed by atoms with Crippen LogP contribution in [0.5, 0.6) is 0 Å². The minimum Gasteiger partial charge on any atom is -0.396 e. The van der Waals surface area contributed by atoms with Crippen LogP contribution in [0, 0.1) is 5.92 Å². The molecule has 0 spiro atoms. The number of aliphatic hydroxyl groups excluding tert-OH is 1. The van der Waals surface area contributed by atoms with Crippen molar-refractivity contribution in [3.63, 3.8) is 0 Å². The highest BCUT2D eigenvalue weighted by Gasteiger charge is 2.39. The van der Waals surface area contributed by atoms with E-state index < -0.39 is 0 Å². The van der Waals surface area contributed by atoms with Gasteiger partial charge in [0, 0.05) is 45.8 Å². The van der Waals surface area contributed by atoms with Crippen molar-refractivity contribution in [2.24, 2.45) is 5.92 Å². The Morgan fingerprint density at radius 1 is 1.48 bits per heavy atom. The third-order valence-electron chi connectivity index (χ3n) is 4.48. The van der Waals surface area contributed by atoms with Gasteiger partial charge in [-0.1, -0.05) is 0 Å². The zero-order valence-electron chi connectivity index (χ0n) is 12.8. The fraction of sp³-hybridized carbons (Fsp3) is 0.867. The first-order chi connectivity index (χ1) is 10.2. The third kappa shape index (κ3) is 3.95. The molecule has 2 heterocycles. The largest absolute Gasteiger partial charge is 0.396 e. The molecule has 0 bridgehead atoms. The van der Waals surface area contributed by atoms with Crippen LogP contribution in [0.2, 0.25) is 0 Å². The zero-order chi connectivity index (χ0) is 15.2. The predicted molar refractivity (Wildman–Crippen MR) is 77.6 cm³/mol. The van der Waals surface area contributed by atoms with E-state index in [1.165, 1.54) is 0 Å². The molecule has 0 saturated carbocycles. The molecule has 2 aliphatic rings. The second-order valence-electron chi connectivity index (χ2n) is 5.93. The van der Waals surface area contributed by atoms with Crippen molar-refractivity contribution < 1.29 is 19.4 Å². The molecule has 0 aromatic carbocycles. The van der Waals surface area contributed by atoms with Crippen LogP contribution < -0.4 is 0 Å². The Morgan fingerprint density at radius 3 is 3.00 bits per heavy atom. The van der Waals surface area contributed by atoms with Crippen LogP contribution in [0.4, 0.5) is 0 Å². The molecule has 2 rings (SSSR count). The highest BCUT2D eigenvalue weighted by Crippen LogP contribution is 2.27. The van der Waals surface area contributed by atoms with E-state index in [-0.39, 0.29) is 30.4 Å². The molecule has 0 aromatic rings. The number of rotatable bonds is 7. The first-order valence-electron chi connectivity index (χ1n) is 7.85. The Kier molecular flexibility index (Phi) is 5.99. The average molecular weight is 298 g/mol. The minimum absolute atomic E-state index is 0.0523. The summed E-state index contributed by atoms with van der Waals surface area (Å²) in [6.07, 6.45) is 3.95. The SMILES string of the molecule is COCCN1CC(C(=O)N2CCCC2CCCO)CC1=O. The van der Waals surface area contributed by atoms with Gasteiger partial charge in [0.15, 0.2) is 0 Å². The Morgan fingerprint density at radius 2 is 2.29 bits per heavy atom. The molecule has 6 heteroatoms. The summed E-state index contributed by atoms with van der Waals surface area (Å²) in [5, 5.41) is 8.95. The standard InChI is InChI=1S/C15H26N2O4/c1-21-9-7-16-11-12(10-14(16)19)15(20)17-6-2-4-13(17)5-3-8-18/h12-13,18H,2-11H2,1H3.